The summed E-state index contributed by atoms with van der Waals surface area (Å²) in [5.74, 6) is -0.0226. The predicted molar refractivity (Wildman–Crippen MR) is 129 cm³/mol. The van der Waals surface area contributed by atoms with E-state index in [4.69, 9.17) is 16.3 Å². The van der Waals surface area contributed by atoms with Gasteiger partial charge in [0.05, 0.1) is 10.6 Å². The van der Waals surface area contributed by atoms with E-state index < -0.39 is 10.8 Å². The van der Waals surface area contributed by atoms with E-state index in [1.54, 1.807) is 37.3 Å². The summed E-state index contributed by atoms with van der Waals surface area (Å²) in [6.07, 6.45) is 3.12. The molecule has 180 valence electrons. The maximum absolute atomic E-state index is 12.6. The van der Waals surface area contributed by atoms with Gasteiger partial charge in [-0.25, -0.2) is 5.43 Å². The van der Waals surface area contributed by atoms with Crippen molar-refractivity contribution in [3.63, 3.8) is 0 Å². The van der Waals surface area contributed by atoms with Crippen LogP contribution in [-0.4, -0.2) is 46.0 Å². The number of ether oxygens (including phenoxy) is 1. The number of benzene rings is 2. The fraction of sp³-hybridized carbons (Fsp3) is 0.375. The van der Waals surface area contributed by atoms with Crippen LogP contribution in [0.4, 0.5) is 5.69 Å². The summed E-state index contributed by atoms with van der Waals surface area (Å²) >= 11 is 5.83. The Kier molecular flexibility index (Phi) is 8.22. The Labute approximate surface area is 202 Å². The number of amides is 2. The van der Waals surface area contributed by atoms with E-state index in [1.165, 1.54) is 12.1 Å². The van der Waals surface area contributed by atoms with Gasteiger partial charge in [0.2, 0.25) is 0 Å². The molecule has 3 rings (SSSR count). The molecule has 1 N–H and O–H groups in total. The van der Waals surface area contributed by atoms with Crippen molar-refractivity contribution >= 4 is 34.8 Å². The number of nitrogens with one attached hydrogen (secondary N) is 1. The van der Waals surface area contributed by atoms with Crippen LogP contribution in [-0.2, 0) is 4.79 Å². The second-order valence-corrected chi connectivity index (χ2v) is 8.71. The van der Waals surface area contributed by atoms with E-state index in [0.29, 0.717) is 22.6 Å². The fourth-order valence-corrected chi connectivity index (χ4v) is 4.16. The van der Waals surface area contributed by atoms with Crippen molar-refractivity contribution in [1.29, 1.82) is 0 Å². The highest BCUT2D eigenvalue weighted by Gasteiger charge is 2.29. The third-order valence-electron chi connectivity index (χ3n) is 5.85. The third kappa shape index (κ3) is 6.11. The average Bonchev–Trinajstić information content (AvgIpc) is 2.81. The lowest BCUT2D eigenvalue weighted by molar-refractivity contribution is -0.384. The van der Waals surface area contributed by atoms with Crippen molar-refractivity contribution in [2.24, 2.45) is 5.10 Å². The highest BCUT2D eigenvalue weighted by atomic mass is 35.5. The van der Waals surface area contributed by atoms with Gasteiger partial charge in [-0.2, -0.15) is 5.10 Å². The summed E-state index contributed by atoms with van der Waals surface area (Å²) < 4.78 is 5.63. The van der Waals surface area contributed by atoms with Crippen LogP contribution in [0.3, 0.4) is 0 Å². The number of nitro groups is 1. The first-order valence-electron chi connectivity index (χ1n) is 11.0. The minimum absolute atomic E-state index is 0.0227. The number of carbonyl (C=O) groups is 2. The van der Waals surface area contributed by atoms with Crippen LogP contribution in [0, 0.1) is 10.1 Å². The van der Waals surface area contributed by atoms with Gasteiger partial charge in [0.15, 0.2) is 6.61 Å². The standard InChI is InChI=1S/C24H27ClN4O5/c1-15-5-4-6-16(2)28(15)23(30)14-34-20-10-7-18(8-11-20)24(31)27-26-17(3)19-9-12-21(25)22(13-19)29(32)33/h7-13,15-16H,4-6,14H2,1-3H3,(H,27,31)/b26-17-/t15-,16+. The largest absolute Gasteiger partial charge is 0.484 e. The monoisotopic (exact) mass is 486 g/mol. The molecule has 10 heteroatoms. The predicted octanol–water partition coefficient (Wildman–Crippen LogP) is 4.57. The highest BCUT2D eigenvalue weighted by molar-refractivity contribution is 6.32. The molecule has 1 aliphatic rings. The highest BCUT2D eigenvalue weighted by Crippen LogP contribution is 2.25. The summed E-state index contributed by atoms with van der Waals surface area (Å²) in [6, 6.07) is 11.1. The van der Waals surface area contributed by atoms with Crippen molar-refractivity contribution in [1.82, 2.24) is 10.3 Å². The van der Waals surface area contributed by atoms with Crippen molar-refractivity contribution in [2.45, 2.75) is 52.1 Å². The van der Waals surface area contributed by atoms with E-state index in [9.17, 15) is 19.7 Å². The number of likely N-dealkylation sites (tertiary alicyclic amines) is 1. The summed E-state index contributed by atoms with van der Waals surface area (Å²) in [5, 5.41) is 15.1. The van der Waals surface area contributed by atoms with Crippen molar-refractivity contribution in [2.75, 3.05) is 6.61 Å². The molecule has 0 bridgehead atoms. The van der Waals surface area contributed by atoms with Gasteiger partial charge in [-0.1, -0.05) is 17.7 Å². The van der Waals surface area contributed by atoms with Gasteiger partial charge in [-0.05, 0) is 70.4 Å². The summed E-state index contributed by atoms with van der Waals surface area (Å²) in [6.45, 7) is 5.67. The SMILES string of the molecule is C/C(=N/NC(=O)c1ccc(OCC(=O)N2[C@H](C)CCC[C@@H]2C)cc1)c1ccc(Cl)c([N+](=O)[O-])c1. The van der Waals surface area contributed by atoms with Crippen LogP contribution in [0.25, 0.3) is 0 Å². The zero-order valence-electron chi connectivity index (χ0n) is 19.3. The second kappa shape index (κ2) is 11.1. The van der Waals surface area contributed by atoms with Gasteiger partial charge < -0.3 is 9.64 Å². The van der Waals surface area contributed by atoms with Crippen LogP contribution < -0.4 is 10.2 Å². The van der Waals surface area contributed by atoms with Gasteiger partial charge in [-0.15, -0.1) is 0 Å². The number of piperidine rings is 1. The summed E-state index contributed by atoms with van der Waals surface area (Å²) in [5.41, 5.74) is 3.38. The lowest BCUT2D eigenvalue weighted by atomic mass is 9.97. The molecule has 0 aliphatic carbocycles. The zero-order chi connectivity index (χ0) is 24.8. The molecule has 2 aromatic carbocycles. The molecule has 0 saturated carbocycles. The van der Waals surface area contributed by atoms with Gasteiger partial charge in [-0.3, -0.25) is 19.7 Å². The fourth-order valence-electron chi connectivity index (χ4n) is 3.98. The number of nitrogens with zero attached hydrogens (tertiary/aromatic N) is 3. The molecule has 0 unspecified atom stereocenters. The summed E-state index contributed by atoms with van der Waals surface area (Å²) in [7, 11) is 0. The van der Waals surface area contributed by atoms with Crippen molar-refractivity contribution < 1.29 is 19.2 Å². The van der Waals surface area contributed by atoms with Crippen LogP contribution >= 0.6 is 11.6 Å². The maximum Gasteiger partial charge on any atom is 0.288 e. The lowest BCUT2D eigenvalue weighted by Crippen LogP contribution is -2.49. The third-order valence-corrected chi connectivity index (χ3v) is 6.17. The lowest BCUT2D eigenvalue weighted by Gasteiger charge is -2.38. The minimum atomic E-state index is -0.581. The first-order valence-corrected chi connectivity index (χ1v) is 11.4. The molecule has 1 heterocycles. The Balaban J connectivity index is 1.57. The average molecular weight is 487 g/mol. The van der Waals surface area contributed by atoms with Gasteiger partial charge in [0.1, 0.15) is 10.8 Å². The Morgan fingerprint density at radius 2 is 1.76 bits per heavy atom. The Morgan fingerprint density at radius 1 is 1.15 bits per heavy atom. The first kappa shape index (κ1) is 25.2. The number of carbonyl (C=O) groups excluding carboxylic acids is 2. The molecule has 1 aliphatic heterocycles. The Bertz CT molecular complexity index is 1090. The van der Waals surface area contributed by atoms with Crippen LogP contribution in [0.15, 0.2) is 47.6 Å². The molecule has 1 saturated heterocycles. The molecule has 0 spiro atoms. The van der Waals surface area contributed by atoms with Crippen molar-refractivity contribution in [3.05, 3.63) is 68.7 Å². The summed E-state index contributed by atoms with van der Waals surface area (Å²) in [4.78, 5) is 37.4. The number of rotatable bonds is 7. The maximum atomic E-state index is 12.6. The number of nitro benzene ring substituents is 1. The van der Waals surface area contributed by atoms with Crippen molar-refractivity contribution in [3.8, 4) is 5.75 Å². The normalized spacial score (nSPS) is 18.4. The van der Waals surface area contributed by atoms with E-state index >= 15 is 0 Å². The number of halogens is 1. The van der Waals surface area contributed by atoms with Crippen LogP contribution in [0.5, 0.6) is 5.75 Å². The van der Waals surface area contributed by atoms with Gasteiger partial charge in [0.25, 0.3) is 17.5 Å². The zero-order valence-corrected chi connectivity index (χ0v) is 20.0. The smallest absolute Gasteiger partial charge is 0.288 e. The van der Waals surface area contributed by atoms with Gasteiger partial charge in [0, 0.05) is 29.3 Å². The Morgan fingerprint density at radius 3 is 2.38 bits per heavy atom. The molecule has 0 radical (unpaired) electrons. The van der Waals surface area contributed by atoms with E-state index in [0.717, 1.165) is 19.3 Å². The number of hydrogen-bond donors (Lipinski definition) is 1. The molecule has 2 aromatic rings. The topological polar surface area (TPSA) is 114 Å². The number of hydrogen-bond acceptors (Lipinski definition) is 6. The molecule has 0 aromatic heterocycles. The molecule has 1 fully saturated rings. The minimum Gasteiger partial charge on any atom is -0.484 e. The molecule has 9 nitrogen and oxygen atoms in total. The Hall–Kier alpha value is -3.46. The van der Waals surface area contributed by atoms with Crippen LogP contribution in [0.1, 0.15) is 56.0 Å². The molecule has 2 atom stereocenters. The molecular weight excluding hydrogens is 460 g/mol. The second-order valence-electron chi connectivity index (χ2n) is 8.30. The quantitative estimate of drug-likeness (QED) is 0.349. The molecule has 34 heavy (non-hydrogen) atoms. The molecular formula is C24H27ClN4O5. The number of hydrazone groups is 1. The first-order chi connectivity index (χ1) is 16.2. The van der Waals surface area contributed by atoms with E-state index in [2.05, 4.69) is 24.4 Å². The molecule has 2 amide bonds. The van der Waals surface area contributed by atoms with E-state index in [1.807, 2.05) is 4.90 Å². The van der Waals surface area contributed by atoms with E-state index in [-0.39, 0.29) is 35.3 Å². The van der Waals surface area contributed by atoms with Crippen LogP contribution in [0.2, 0.25) is 5.02 Å². The van der Waals surface area contributed by atoms with Gasteiger partial charge >= 0.3 is 0 Å².